The van der Waals surface area contributed by atoms with E-state index in [2.05, 4.69) is 27.7 Å². The van der Waals surface area contributed by atoms with Crippen molar-refractivity contribution in [2.24, 2.45) is 0 Å². The third-order valence-corrected chi connectivity index (χ3v) is 7.23. The highest BCUT2D eigenvalue weighted by Crippen LogP contribution is 2.21. The first-order valence-corrected chi connectivity index (χ1v) is 7.41. The highest BCUT2D eigenvalue weighted by Gasteiger charge is 2.27. The van der Waals surface area contributed by atoms with Gasteiger partial charge >= 0.3 is 0 Å². The first-order chi connectivity index (χ1) is 5.24. The van der Waals surface area contributed by atoms with Crippen LogP contribution in [0.25, 0.3) is 0 Å². The zero-order valence-corrected chi connectivity index (χ0v) is 9.44. The Bertz CT molecular complexity index is 81.3. The smallest absolute Gasteiger partial charge is 0.191 e. The Kier molecular flexibility index (Phi) is 5.87. The van der Waals surface area contributed by atoms with Gasteiger partial charge in [0, 0.05) is 6.61 Å². The Morgan fingerprint density at radius 3 is 1.64 bits per heavy atom. The molecule has 1 nitrogen and oxygen atoms in total. The van der Waals surface area contributed by atoms with Gasteiger partial charge in [0.15, 0.2) is 8.32 Å². The van der Waals surface area contributed by atoms with Crippen LogP contribution in [0.4, 0.5) is 0 Å². The van der Waals surface area contributed by atoms with E-state index in [0.717, 1.165) is 13.0 Å². The molecule has 0 aliphatic rings. The summed E-state index contributed by atoms with van der Waals surface area (Å²) in [6.07, 6.45) is 1.16. The lowest BCUT2D eigenvalue weighted by molar-refractivity contribution is 0.299. The molecule has 68 valence electrons. The van der Waals surface area contributed by atoms with Crippen molar-refractivity contribution in [2.45, 2.75) is 52.2 Å². The predicted octanol–water partition coefficient (Wildman–Crippen LogP) is 3.42. The summed E-state index contributed by atoms with van der Waals surface area (Å²) in [6, 6.07) is 3.83. The molecule has 0 aromatic carbocycles. The van der Waals surface area contributed by atoms with Crippen molar-refractivity contribution in [1.29, 1.82) is 0 Å². The van der Waals surface area contributed by atoms with Crippen LogP contribution in [0.1, 0.15) is 34.1 Å². The molecule has 0 aromatic heterocycles. The molecule has 0 unspecified atom stereocenters. The Morgan fingerprint density at radius 2 is 1.36 bits per heavy atom. The Morgan fingerprint density at radius 1 is 0.909 bits per heavy atom. The third kappa shape index (κ3) is 3.39. The molecule has 0 radical (unpaired) electrons. The fraction of sp³-hybridized carbons (Fsp3) is 1.00. The summed E-state index contributed by atoms with van der Waals surface area (Å²) in [6.45, 7) is 9.97. The number of hydrogen-bond acceptors (Lipinski definition) is 1. The van der Waals surface area contributed by atoms with Crippen LogP contribution < -0.4 is 0 Å². The molecule has 2 heteroatoms. The third-order valence-electron chi connectivity index (χ3n) is 2.55. The molecule has 0 aromatic rings. The maximum absolute atomic E-state index is 5.97. The van der Waals surface area contributed by atoms with Gasteiger partial charge in [0.25, 0.3) is 0 Å². The summed E-state index contributed by atoms with van der Waals surface area (Å²) in [4.78, 5) is 0. The summed E-state index contributed by atoms with van der Waals surface area (Å²) in [5.41, 5.74) is 0. The van der Waals surface area contributed by atoms with Crippen molar-refractivity contribution in [3.8, 4) is 0 Å². The summed E-state index contributed by atoms with van der Waals surface area (Å²) < 4.78 is 5.97. The van der Waals surface area contributed by atoms with Gasteiger partial charge in [-0.15, -0.1) is 0 Å². The van der Waals surface area contributed by atoms with E-state index in [1.807, 2.05) is 0 Å². The fourth-order valence-corrected chi connectivity index (χ4v) is 4.12. The Balaban J connectivity index is 3.84. The zero-order chi connectivity index (χ0) is 8.74. The monoisotopic (exact) mass is 174 g/mol. The minimum absolute atomic E-state index is 0.974. The van der Waals surface area contributed by atoms with Crippen LogP contribution in [0.5, 0.6) is 0 Å². The molecule has 0 bridgehead atoms. The molecule has 0 saturated heterocycles. The van der Waals surface area contributed by atoms with E-state index < -0.39 is 8.32 Å². The standard InChI is InChI=1S/C9H22OSi/c1-5-9-10-11(6-2,7-3)8-4/h5-9H2,1-4H3. The van der Waals surface area contributed by atoms with E-state index in [9.17, 15) is 0 Å². The van der Waals surface area contributed by atoms with Gasteiger partial charge in [-0.2, -0.15) is 0 Å². The van der Waals surface area contributed by atoms with E-state index in [1.54, 1.807) is 0 Å². The second kappa shape index (κ2) is 5.78. The first kappa shape index (κ1) is 11.2. The van der Waals surface area contributed by atoms with Crippen LogP contribution in [0.2, 0.25) is 18.1 Å². The molecule has 0 amide bonds. The normalized spacial score (nSPS) is 12.0. The van der Waals surface area contributed by atoms with E-state index in [-0.39, 0.29) is 0 Å². The molecule has 0 aliphatic heterocycles. The molecule has 0 saturated carbocycles. The molecular formula is C9H22OSi. The van der Waals surface area contributed by atoms with Crippen molar-refractivity contribution in [3.05, 3.63) is 0 Å². The van der Waals surface area contributed by atoms with Crippen molar-refractivity contribution in [2.75, 3.05) is 6.61 Å². The summed E-state index contributed by atoms with van der Waals surface area (Å²) in [5.74, 6) is 0. The maximum atomic E-state index is 5.97. The molecule has 0 fully saturated rings. The van der Waals surface area contributed by atoms with Crippen molar-refractivity contribution in [1.82, 2.24) is 0 Å². The Hall–Kier alpha value is 0.177. The number of rotatable bonds is 6. The van der Waals surface area contributed by atoms with Gasteiger partial charge in [0.2, 0.25) is 0 Å². The molecule has 0 aliphatic carbocycles. The van der Waals surface area contributed by atoms with Crippen LogP contribution in [0.15, 0.2) is 0 Å². The van der Waals surface area contributed by atoms with Crippen molar-refractivity contribution >= 4 is 8.32 Å². The van der Waals surface area contributed by atoms with Gasteiger partial charge in [0.1, 0.15) is 0 Å². The average Bonchev–Trinajstić information content (AvgIpc) is 2.08. The van der Waals surface area contributed by atoms with Crippen LogP contribution in [-0.2, 0) is 4.43 Å². The SMILES string of the molecule is CCCO[Si](CC)(CC)CC. The average molecular weight is 174 g/mol. The van der Waals surface area contributed by atoms with Crippen LogP contribution >= 0.6 is 0 Å². The zero-order valence-electron chi connectivity index (χ0n) is 8.44. The lowest BCUT2D eigenvalue weighted by Crippen LogP contribution is -2.35. The molecule has 0 heterocycles. The predicted molar refractivity (Wildman–Crippen MR) is 53.4 cm³/mol. The van der Waals surface area contributed by atoms with Gasteiger partial charge in [0.05, 0.1) is 0 Å². The second-order valence-electron chi connectivity index (χ2n) is 3.09. The van der Waals surface area contributed by atoms with Crippen molar-refractivity contribution in [3.63, 3.8) is 0 Å². The Labute approximate surface area is 72.3 Å². The van der Waals surface area contributed by atoms with Crippen LogP contribution in [0.3, 0.4) is 0 Å². The molecular weight excluding hydrogens is 152 g/mol. The molecule has 0 atom stereocenters. The summed E-state index contributed by atoms with van der Waals surface area (Å²) in [7, 11) is -1.24. The van der Waals surface area contributed by atoms with Crippen LogP contribution in [0, 0.1) is 0 Å². The molecule has 11 heavy (non-hydrogen) atoms. The van der Waals surface area contributed by atoms with Crippen molar-refractivity contribution < 1.29 is 4.43 Å². The van der Waals surface area contributed by atoms with Crippen LogP contribution in [-0.4, -0.2) is 14.9 Å². The largest absolute Gasteiger partial charge is 0.417 e. The lowest BCUT2D eigenvalue weighted by atomic mass is 10.5. The van der Waals surface area contributed by atoms with Gasteiger partial charge in [-0.25, -0.2) is 0 Å². The number of hydrogen-bond donors (Lipinski definition) is 0. The van der Waals surface area contributed by atoms with Gasteiger partial charge in [-0.3, -0.25) is 0 Å². The minimum Gasteiger partial charge on any atom is -0.417 e. The fourth-order valence-electron chi connectivity index (χ4n) is 1.37. The lowest BCUT2D eigenvalue weighted by Gasteiger charge is -2.27. The highest BCUT2D eigenvalue weighted by atomic mass is 28.4. The highest BCUT2D eigenvalue weighted by molar-refractivity contribution is 6.73. The van der Waals surface area contributed by atoms with E-state index >= 15 is 0 Å². The quantitative estimate of drug-likeness (QED) is 0.561. The van der Waals surface area contributed by atoms with Gasteiger partial charge in [-0.1, -0.05) is 27.7 Å². The van der Waals surface area contributed by atoms with Gasteiger partial charge < -0.3 is 4.43 Å². The summed E-state index contributed by atoms with van der Waals surface area (Å²) >= 11 is 0. The second-order valence-corrected chi connectivity index (χ2v) is 7.87. The topological polar surface area (TPSA) is 9.23 Å². The summed E-state index contributed by atoms with van der Waals surface area (Å²) in [5, 5.41) is 0. The molecule has 0 N–H and O–H groups in total. The van der Waals surface area contributed by atoms with Gasteiger partial charge in [-0.05, 0) is 24.6 Å². The molecule has 0 rings (SSSR count). The maximum Gasteiger partial charge on any atom is 0.191 e. The minimum atomic E-state index is -1.24. The molecule has 0 spiro atoms. The first-order valence-electron chi connectivity index (χ1n) is 4.88. The van der Waals surface area contributed by atoms with E-state index in [4.69, 9.17) is 4.43 Å². The van der Waals surface area contributed by atoms with E-state index in [1.165, 1.54) is 18.1 Å². The van der Waals surface area contributed by atoms with E-state index in [0.29, 0.717) is 0 Å².